The average Bonchev–Trinajstić information content (AvgIpc) is 2.71. The topological polar surface area (TPSA) is 96.6 Å². The third kappa shape index (κ3) is 5.08. The number of pyridine rings is 1. The van der Waals surface area contributed by atoms with Crippen LogP contribution in [0.15, 0.2) is 48.7 Å². The molecule has 9 heteroatoms. The Morgan fingerprint density at radius 2 is 2.00 bits per heavy atom. The van der Waals surface area contributed by atoms with Gasteiger partial charge < -0.3 is 10.6 Å². The van der Waals surface area contributed by atoms with Crippen LogP contribution in [0.25, 0.3) is 0 Å². The van der Waals surface area contributed by atoms with Crippen molar-refractivity contribution in [3.8, 4) is 0 Å². The molecule has 1 aromatic heterocycles. The lowest BCUT2D eigenvalue weighted by Gasteiger charge is -2.40. The lowest BCUT2D eigenvalue weighted by molar-refractivity contribution is -0.144. The fraction of sp³-hybridized carbons (Fsp3) is 0.273. The van der Waals surface area contributed by atoms with Crippen LogP contribution in [0.4, 0.5) is 10.2 Å². The number of piperazine rings is 1. The number of hydrogen-bond acceptors (Lipinski definition) is 4. The summed E-state index contributed by atoms with van der Waals surface area (Å²) in [5.41, 5.74) is 6.76. The van der Waals surface area contributed by atoms with Gasteiger partial charge in [-0.05, 0) is 49.1 Å². The van der Waals surface area contributed by atoms with Gasteiger partial charge in [0.2, 0.25) is 11.8 Å². The average molecular weight is 445 g/mol. The molecule has 0 spiro atoms. The van der Waals surface area contributed by atoms with Crippen molar-refractivity contribution in [2.75, 3.05) is 11.4 Å². The number of carbonyl (C=O) groups is 3. The predicted octanol–water partition coefficient (Wildman–Crippen LogP) is 2.75. The summed E-state index contributed by atoms with van der Waals surface area (Å²) >= 11 is 5.92. The molecule has 2 N–H and O–H groups in total. The summed E-state index contributed by atoms with van der Waals surface area (Å²) < 4.78 is 14.5. The zero-order chi connectivity index (χ0) is 22.7. The Kier molecular flexibility index (Phi) is 6.70. The maximum absolute atomic E-state index is 14.5. The number of primary amides is 1. The Bertz CT molecular complexity index is 1040. The minimum atomic E-state index is -0.935. The summed E-state index contributed by atoms with van der Waals surface area (Å²) in [6, 6.07) is 7.21. The number of carbonyl (C=O) groups excluding carboxylic acids is 3. The summed E-state index contributed by atoms with van der Waals surface area (Å²) in [6.07, 6.45) is 1.66. The van der Waals surface area contributed by atoms with E-state index in [0.29, 0.717) is 10.6 Å². The maximum atomic E-state index is 14.5. The van der Waals surface area contributed by atoms with E-state index in [-0.39, 0.29) is 43.2 Å². The molecule has 2 heterocycles. The fourth-order valence-electron chi connectivity index (χ4n) is 3.39. The lowest BCUT2D eigenvalue weighted by atomic mass is 10.00. The van der Waals surface area contributed by atoms with E-state index >= 15 is 0 Å². The molecular weight excluding hydrogens is 423 g/mol. The summed E-state index contributed by atoms with van der Waals surface area (Å²) in [6.45, 7) is 5.11. The number of rotatable bonds is 7. The number of nitrogens with zero attached hydrogens (tertiary/aromatic N) is 3. The zero-order valence-electron chi connectivity index (χ0n) is 17.0. The molecule has 0 aliphatic carbocycles. The fourth-order valence-corrected chi connectivity index (χ4v) is 3.52. The van der Waals surface area contributed by atoms with Crippen molar-refractivity contribution in [2.45, 2.75) is 32.4 Å². The van der Waals surface area contributed by atoms with Crippen molar-refractivity contribution < 1.29 is 18.8 Å². The Balaban J connectivity index is 1.91. The second-order valence-electron chi connectivity index (χ2n) is 7.41. The van der Waals surface area contributed by atoms with Gasteiger partial charge in [0.25, 0.3) is 5.91 Å². The van der Waals surface area contributed by atoms with Gasteiger partial charge in [-0.3, -0.25) is 19.3 Å². The first-order valence-corrected chi connectivity index (χ1v) is 10.00. The lowest BCUT2D eigenvalue weighted by Crippen LogP contribution is -2.60. The largest absolute Gasteiger partial charge is 0.366 e. The second-order valence-corrected chi connectivity index (χ2v) is 7.85. The second kappa shape index (κ2) is 9.26. The van der Waals surface area contributed by atoms with Crippen LogP contribution < -0.4 is 10.6 Å². The van der Waals surface area contributed by atoms with E-state index in [1.54, 1.807) is 31.2 Å². The van der Waals surface area contributed by atoms with Crippen LogP contribution in [0.5, 0.6) is 0 Å². The molecule has 1 unspecified atom stereocenters. The molecule has 162 valence electrons. The van der Waals surface area contributed by atoms with Crippen LogP contribution >= 0.6 is 11.6 Å². The normalized spacial score (nSPS) is 16.5. The molecule has 1 aromatic carbocycles. The van der Waals surface area contributed by atoms with Crippen LogP contribution in [0.3, 0.4) is 0 Å². The minimum Gasteiger partial charge on any atom is -0.366 e. The van der Waals surface area contributed by atoms with Gasteiger partial charge in [-0.25, -0.2) is 9.37 Å². The highest BCUT2D eigenvalue weighted by Crippen LogP contribution is 2.27. The number of benzene rings is 1. The standard InChI is InChI=1S/C22H22ClFN4O3/c1-13-9-17(24)21(26-10-13)28-12-19(29)27(11-15-4-6-16(23)7-5-15)18(22(28)31)8-3-14(2)20(25)30/h4-7,9-10,18H,2-3,8,11-12H2,1H3,(H2,25,30). The van der Waals surface area contributed by atoms with Gasteiger partial charge in [-0.2, -0.15) is 0 Å². The number of aryl methyl sites for hydroxylation is 1. The summed E-state index contributed by atoms with van der Waals surface area (Å²) in [5, 5.41) is 0.547. The molecule has 3 amide bonds. The zero-order valence-corrected chi connectivity index (χ0v) is 17.7. The molecule has 1 atom stereocenters. The molecule has 0 saturated carbocycles. The van der Waals surface area contributed by atoms with Crippen molar-refractivity contribution in [1.29, 1.82) is 0 Å². The Hall–Kier alpha value is -3.26. The first-order valence-electron chi connectivity index (χ1n) is 9.62. The molecule has 0 radical (unpaired) electrons. The van der Waals surface area contributed by atoms with Crippen LogP contribution in [0.1, 0.15) is 24.0 Å². The maximum Gasteiger partial charge on any atom is 0.251 e. The molecular formula is C22H22ClFN4O3. The predicted molar refractivity (Wildman–Crippen MR) is 115 cm³/mol. The van der Waals surface area contributed by atoms with E-state index in [0.717, 1.165) is 10.5 Å². The van der Waals surface area contributed by atoms with Gasteiger partial charge in [0.1, 0.15) is 12.6 Å². The van der Waals surface area contributed by atoms with Crippen molar-refractivity contribution in [3.63, 3.8) is 0 Å². The van der Waals surface area contributed by atoms with Crippen molar-refractivity contribution in [3.05, 3.63) is 70.6 Å². The molecule has 0 bridgehead atoms. The first kappa shape index (κ1) is 22.4. The number of anilines is 1. The Morgan fingerprint density at radius 3 is 2.61 bits per heavy atom. The Labute approximate surface area is 184 Å². The first-order chi connectivity index (χ1) is 14.7. The van der Waals surface area contributed by atoms with E-state index < -0.39 is 23.7 Å². The van der Waals surface area contributed by atoms with E-state index in [1.807, 2.05) is 0 Å². The van der Waals surface area contributed by atoms with Crippen molar-refractivity contribution in [1.82, 2.24) is 9.88 Å². The summed E-state index contributed by atoms with van der Waals surface area (Å²) in [7, 11) is 0. The van der Waals surface area contributed by atoms with Gasteiger partial charge in [0.15, 0.2) is 11.6 Å². The van der Waals surface area contributed by atoms with E-state index in [2.05, 4.69) is 11.6 Å². The quantitative estimate of drug-likeness (QED) is 0.664. The molecule has 1 saturated heterocycles. The van der Waals surface area contributed by atoms with Crippen LogP contribution in [0, 0.1) is 12.7 Å². The number of halogens is 2. The third-order valence-corrected chi connectivity index (χ3v) is 5.34. The van der Waals surface area contributed by atoms with Gasteiger partial charge in [0, 0.05) is 23.3 Å². The highest BCUT2D eigenvalue weighted by molar-refractivity contribution is 6.30. The number of amides is 3. The van der Waals surface area contributed by atoms with Crippen LogP contribution in [-0.2, 0) is 20.9 Å². The van der Waals surface area contributed by atoms with E-state index in [9.17, 15) is 18.8 Å². The van der Waals surface area contributed by atoms with E-state index in [1.165, 1.54) is 17.2 Å². The highest BCUT2D eigenvalue weighted by Gasteiger charge is 2.41. The van der Waals surface area contributed by atoms with E-state index in [4.69, 9.17) is 17.3 Å². The number of nitrogens with two attached hydrogens (primary N) is 1. The molecule has 1 fully saturated rings. The van der Waals surface area contributed by atoms with Gasteiger partial charge in [0.05, 0.1) is 0 Å². The Morgan fingerprint density at radius 1 is 1.32 bits per heavy atom. The SMILES string of the molecule is C=C(CCC1C(=O)N(c2ncc(C)cc2F)CC(=O)N1Cc1ccc(Cl)cc1)C(N)=O. The van der Waals surface area contributed by atoms with Crippen molar-refractivity contribution in [2.24, 2.45) is 5.73 Å². The molecule has 2 aromatic rings. The molecule has 1 aliphatic rings. The monoisotopic (exact) mass is 444 g/mol. The molecule has 31 heavy (non-hydrogen) atoms. The number of aromatic nitrogens is 1. The third-order valence-electron chi connectivity index (χ3n) is 5.09. The van der Waals surface area contributed by atoms with Crippen LogP contribution in [0.2, 0.25) is 5.02 Å². The van der Waals surface area contributed by atoms with Gasteiger partial charge in [-0.1, -0.05) is 30.3 Å². The molecule has 1 aliphatic heterocycles. The minimum absolute atomic E-state index is 0.115. The number of hydrogen-bond donors (Lipinski definition) is 1. The smallest absolute Gasteiger partial charge is 0.251 e. The van der Waals surface area contributed by atoms with Gasteiger partial charge >= 0.3 is 0 Å². The highest BCUT2D eigenvalue weighted by atomic mass is 35.5. The van der Waals surface area contributed by atoms with Crippen LogP contribution in [-0.4, -0.2) is 40.2 Å². The summed E-state index contributed by atoms with van der Waals surface area (Å²) in [5.74, 6) is -2.42. The molecule has 7 nitrogen and oxygen atoms in total. The van der Waals surface area contributed by atoms with Gasteiger partial charge in [-0.15, -0.1) is 0 Å². The van der Waals surface area contributed by atoms with Crippen molar-refractivity contribution >= 4 is 35.1 Å². The molecule has 3 rings (SSSR count). The summed E-state index contributed by atoms with van der Waals surface area (Å²) in [4.78, 5) is 44.2.